The van der Waals surface area contributed by atoms with Crippen molar-refractivity contribution in [2.45, 2.75) is 34.0 Å². The normalized spacial score (nSPS) is 14.3. The molecule has 9 heteroatoms. The number of allylic oxidation sites excluding steroid dienone is 4. The molecule has 0 aliphatic carbocycles. The van der Waals surface area contributed by atoms with Gasteiger partial charge in [0.05, 0.1) is 10.5 Å². The van der Waals surface area contributed by atoms with Gasteiger partial charge in [0.1, 0.15) is 5.69 Å². The molecule has 0 saturated carbocycles. The van der Waals surface area contributed by atoms with Crippen LogP contribution in [0.3, 0.4) is 0 Å². The average Bonchev–Trinajstić information content (AvgIpc) is 3.24. The first kappa shape index (κ1) is 23.6. The van der Waals surface area contributed by atoms with Gasteiger partial charge in [-0.3, -0.25) is 4.79 Å². The van der Waals surface area contributed by atoms with Gasteiger partial charge in [0.15, 0.2) is 11.5 Å². The number of hydrogen-bond donors (Lipinski definition) is 1. The van der Waals surface area contributed by atoms with E-state index in [2.05, 4.69) is 26.4 Å². The lowest BCUT2D eigenvalue weighted by atomic mass is 10.0. The summed E-state index contributed by atoms with van der Waals surface area (Å²) in [6, 6.07) is 2.64. The van der Waals surface area contributed by atoms with Crippen molar-refractivity contribution in [1.29, 1.82) is 0 Å². The lowest BCUT2D eigenvalue weighted by molar-refractivity contribution is -0.286. The number of fused-ring (bicyclic) bond motifs is 1. The molecule has 2 aromatic rings. The second kappa shape index (κ2) is 9.86. The Morgan fingerprint density at radius 1 is 1.27 bits per heavy atom. The lowest BCUT2D eigenvalue weighted by Crippen LogP contribution is -2.25. The number of carbonyl (C=O) groups is 1. The predicted molar refractivity (Wildman–Crippen MR) is 115 cm³/mol. The minimum Gasteiger partial charge on any atom is -0.395 e. The molecule has 1 aromatic heterocycles. The molecule has 30 heavy (non-hydrogen) atoms. The fourth-order valence-corrected chi connectivity index (χ4v) is 3.33. The topological polar surface area (TPSA) is 60.5 Å². The Morgan fingerprint density at radius 3 is 2.47 bits per heavy atom. The number of aromatic nitrogens is 1. The van der Waals surface area contributed by atoms with Crippen LogP contribution in [0.4, 0.5) is 8.78 Å². The summed E-state index contributed by atoms with van der Waals surface area (Å²) in [5, 5.41) is 2.85. The maximum atomic E-state index is 13.2. The van der Waals surface area contributed by atoms with E-state index < -0.39 is 6.29 Å². The smallest absolute Gasteiger partial charge is 0.395 e. The van der Waals surface area contributed by atoms with Gasteiger partial charge in [-0.1, -0.05) is 44.2 Å². The monoisotopic (exact) mass is 454 g/mol. The molecule has 0 bridgehead atoms. The molecule has 0 atom stereocenters. The Hall–Kier alpha value is -2.71. The number of ether oxygens (including phenoxy) is 2. The van der Waals surface area contributed by atoms with Crippen molar-refractivity contribution < 1.29 is 23.0 Å². The Kier molecular flexibility index (Phi) is 7.75. The molecule has 0 radical (unpaired) electrons. The minimum absolute atomic E-state index is 0.108. The first-order chi connectivity index (χ1) is 14.2. The maximum absolute atomic E-state index is 13.2. The maximum Gasteiger partial charge on any atom is 0.586 e. The average molecular weight is 455 g/mol. The highest BCUT2D eigenvalue weighted by molar-refractivity contribution is 7.09. The number of hydrogen-bond acceptors (Lipinski definition) is 5. The molecule has 160 valence electrons. The third-order valence-electron chi connectivity index (χ3n) is 3.81. The van der Waals surface area contributed by atoms with Crippen molar-refractivity contribution in [3.63, 3.8) is 0 Å². The molecule has 1 amide bonds. The summed E-state index contributed by atoms with van der Waals surface area (Å²) in [5.41, 5.74) is 3.35. The van der Waals surface area contributed by atoms with Crippen molar-refractivity contribution in [1.82, 2.24) is 10.3 Å². The zero-order chi connectivity index (χ0) is 22.5. The van der Waals surface area contributed by atoms with Gasteiger partial charge in [-0.2, -0.15) is 0 Å². The molecule has 1 N–H and O–H groups in total. The second-order valence-corrected chi connectivity index (χ2v) is 7.23. The van der Waals surface area contributed by atoms with Crippen LogP contribution < -0.4 is 14.8 Å². The van der Waals surface area contributed by atoms with Crippen molar-refractivity contribution in [3.8, 4) is 11.5 Å². The van der Waals surface area contributed by atoms with E-state index in [4.69, 9.17) is 11.6 Å². The summed E-state index contributed by atoms with van der Waals surface area (Å²) < 4.78 is 35.3. The second-order valence-electron chi connectivity index (χ2n) is 5.76. The molecule has 1 aliphatic heterocycles. The Labute approximate surface area is 182 Å². The summed E-state index contributed by atoms with van der Waals surface area (Å²) in [6.45, 7) is 11.3. The van der Waals surface area contributed by atoms with Crippen molar-refractivity contribution in [3.05, 3.63) is 69.3 Å². The first-order valence-electron chi connectivity index (χ1n) is 9.04. The third kappa shape index (κ3) is 5.46. The molecule has 2 heterocycles. The first-order valence-corrected chi connectivity index (χ1v) is 10.3. The highest BCUT2D eigenvalue weighted by Gasteiger charge is 2.43. The van der Waals surface area contributed by atoms with E-state index in [0.29, 0.717) is 22.5 Å². The van der Waals surface area contributed by atoms with Crippen molar-refractivity contribution in [2.24, 2.45) is 0 Å². The highest BCUT2D eigenvalue weighted by atomic mass is 35.5. The summed E-state index contributed by atoms with van der Waals surface area (Å²) >= 11 is 7.58. The van der Waals surface area contributed by atoms with Gasteiger partial charge in [-0.15, -0.1) is 20.1 Å². The predicted octanol–water partition coefficient (Wildman–Crippen LogP) is 6.36. The fraction of sp³-hybridized carbons (Fsp3) is 0.238. The van der Waals surface area contributed by atoms with Crippen LogP contribution in [-0.2, 0) is 0 Å². The molecular weight excluding hydrogens is 434 g/mol. The number of benzene rings is 1. The van der Waals surface area contributed by atoms with Crippen LogP contribution in [0.2, 0.25) is 5.02 Å². The molecule has 1 aromatic carbocycles. The zero-order valence-corrected chi connectivity index (χ0v) is 18.5. The number of nitrogens with zero attached hydrogens (tertiary/aromatic N) is 1. The van der Waals surface area contributed by atoms with Crippen molar-refractivity contribution >= 4 is 34.4 Å². The van der Waals surface area contributed by atoms with Gasteiger partial charge in [0.25, 0.3) is 5.91 Å². The van der Waals surface area contributed by atoms with Gasteiger partial charge >= 0.3 is 6.29 Å². The molecule has 0 saturated heterocycles. The third-order valence-corrected chi connectivity index (χ3v) is 4.88. The Bertz CT molecular complexity index is 1020. The molecule has 3 rings (SSSR count). The van der Waals surface area contributed by atoms with Crippen LogP contribution in [0.25, 0.3) is 5.57 Å². The van der Waals surface area contributed by atoms with Crippen LogP contribution in [0.15, 0.2) is 48.1 Å². The van der Waals surface area contributed by atoms with Crippen LogP contribution in [-0.4, -0.2) is 17.2 Å². The summed E-state index contributed by atoms with van der Waals surface area (Å²) in [5.74, 6) is -0.601. The minimum atomic E-state index is -3.72. The van der Waals surface area contributed by atoms with Gasteiger partial charge < -0.3 is 14.8 Å². The Balaban J connectivity index is 0.00000155. The lowest BCUT2D eigenvalue weighted by Gasteiger charge is -2.08. The molecule has 0 fully saturated rings. The van der Waals surface area contributed by atoms with Gasteiger partial charge in [-0.05, 0) is 31.6 Å². The number of thiazole rings is 1. The number of nitrogens with one attached hydrogen (secondary N) is 1. The molecule has 0 unspecified atom stereocenters. The summed E-state index contributed by atoms with van der Waals surface area (Å²) in [4.78, 5) is 17.0. The van der Waals surface area contributed by atoms with E-state index in [0.717, 1.165) is 4.88 Å². The standard InChI is InChI=1S/C19H15ClF2N2O3S.C2H6/c1-4-12(6-5-10(2)24-18(25)17-11(3)28-9-23-17)13-7-15-16(8-14(13)20)27-19(21,22)26-15;1-2/h4-9H,2H2,1,3H3,(H,24,25);1-2H3/b6-5-,12-4+;. The van der Waals surface area contributed by atoms with Crippen LogP contribution in [0.1, 0.15) is 41.7 Å². The van der Waals surface area contributed by atoms with Crippen molar-refractivity contribution in [2.75, 3.05) is 0 Å². The number of aryl methyl sites for hydroxylation is 1. The summed E-state index contributed by atoms with van der Waals surface area (Å²) in [7, 11) is 0. The van der Waals surface area contributed by atoms with Crippen LogP contribution >= 0.6 is 22.9 Å². The van der Waals surface area contributed by atoms with Gasteiger partial charge in [0, 0.05) is 22.2 Å². The van der Waals surface area contributed by atoms with Crippen LogP contribution in [0.5, 0.6) is 11.5 Å². The van der Waals surface area contributed by atoms with E-state index in [1.807, 2.05) is 13.8 Å². The van der Waals surface area contributed by atoms with Crippen LogP contribution in [0, 0.1) is 6.92 Å². The number of rotatable bonds is 5. The molecule has 1 aliphatic rings. The molecular formula is C21H21ClF2N2O3S. The van der Waals surface area contributed by atoms with Gasteiger partial charge in [0.2, 0.25) is 0 Å². The summed E-state index contributed by atoms with van der Waals surface area (Å²) in [6.07, 6.45) is 1.24. The highest BCUT2D eigenvalue weighted by Crippen LogP contribution is 2.45. The number of carbonyl (C=O) groups excluding carboxylic acids is 1. The molecule has 5 nitrogen and oxygen atoms in total. The quantitative estimate of drug-likeness (QED) is 0.534. The number of alkyl halides is 2. The van der Waals surface area contributed by atoms with E-state index in [9.17, 15) is 13.6 Å². The SMILES string of the molecule is C=C(/C=C\C(=C/C)c1cc2c(cc1Cl)OC(F)(F)O2)NC(=O)c1ncsc1C.CC. The number of amides is 1. The largest absolute Gasteiger partial charge is 0.586 e. The van der Waals surface area contributed by atoms with E-state index in [-0.39, 0.29) is 22.4 Å². The van der Waals surface area contributed by atoms with E-state index in [1.165, 1.54) is 23.5 Å². The van der Waals surface area contributed by atoms with E-state index in [1.54, 1.807) is 37.6 Å². The molecule has 0 spiro atoms. The van der Waals surface area contributed by atoms with E-state index >= 15 is 0 Å². The fourth-order valence-electron chi connectivity index (χ4n) is 2.49. The zero-order valence-electron chi connectivity index (χ0n) is 16.9. The van der Waals surface area contributed by atoms with Gasteiger partial charge in [-0.25, -0.2) is 4.98 Å². The Morgan fingerprint density at radius 2 is 1.90 bits per heavy atom. The number of halogens is 3.